The number of amides is 4. The summed E-state index contributed by atoms with van der Waals surface area (Å²) in [6.45, 7) is 0.163. The van der Waals surface area contributed by atoms with Gasteiger partial charge in [-0.25, -0.2) is 9.69 Å². The summed E-state index contributed by atoms with van der Waals surface area (Å²) < 4.78 is 5.73. The number of hydrogen-bond acceptors (Lipinski definition) is 6. The standard InChI is InChI=1S/C24H16ClN3O6/c25-17-6-10-18(11-7-17)27-23(30)21(22(29)26-24(27)31)13-16-2-1-3-20(12-16)34-14-15-4-8-19(9-5-15)28(32)33/h1-13H,14H2,(H,26,29,31)/b21-13-. The normalized spacial score (nSPS) is 14.8. The van der Waals surface area contributed by atoms with E-state index in [-0.39, 0.29) is 23.6 Å². The third-order valence-electron chi connectivity index (χ3n) is 4.91. The number of nitro groups is 1. The van der Waals surface area contributed by atoms with Gasteiger partial charge in [0.15, 0.2) is 0 Å². The van der Waals surface area contributed by atoms with Crippen LogP contribution in [0.2, 0.25) is 5.02 Å². The molecule has 4 rings (SSSR count). The second kappa shape index (κ2) is 9.55. The van der Waals surface area contributed by atoms with Crippen LogP contribution in [-0.4, -0.2) is 22.8 Å². The van der Waals surface area contributed by atoms with Crippen LogP contribution >= 0.6 is 11.6 Å². The van der Waals surface area contributed by atoms with Gasteiger partial charge < -0.3 is 4.74 Å². The van der Waals surface area contributed by atoms with E-state index in [1.807, 2.05) is 0 Å². The van der Waals surface area contributed by atoms with E-state index < -0.39 is 22.8 Å². The predicted octanol–water partition coefficient (Wildman–Crippen LogP) is 4.49. The van der Waals surface area contributed by atoms with Crippen molar-refractivity contribution in [1.82, 2.24) is 5.32 Å². The lowest BCUT2D eigenvalue weighted by Crippen LogP contribution is -2.54. The van der Waals surface area contributed by atoms with E-state index in [0.717, 1.165) is 10.5 Å². The fraction of sp³-hybridized carbons (Fsp3) is 0.0417. The average molecular weight is 478 g/mol. The fourth-order valence-electron chi connectivity index (χ4n) is 3.22. The molecule has 1 N–H and O–H groups in total. The van der Waals surface area contributed by atoms with E-state index >= 15 is 0 Å². The SMILES string of the molecule is O=C1NC(=O)N(c2ccc(Cl)cc2)C(=O)/C1=C\c1cccc(OCc2ccc([N+](=O)[O-])cc2)c1. The van der Waals surface area contributed by atoms with E-state index in [1.165, 1.54) is 42.5 Å². The lowest BCUT2D eigenvalue weighted by molar-refractivity contribution is -0.384. The van der Waals surface area contributed by atoms with Crippen LogP contribution in [0.15, 0.2) is 78.4 Å². The van der Waals surface area contributed by atoms with E-state index in [2.05, 4.69) is 5.32 Å². The maximum atomic E-state index is 13.0. The van der Waals surface area contributed by atoms with Gasteiger partial charge in [0.2, 0.25) is 0 Å². The maximum Gasteiger partial charge on any atom is 0.335 e. The number of carbonyl (C=O) groups is 3. The van der Waals surface area contributed by atoms with Crippen molar-refractivity contribution in [2.24, 2.45) is 0 Å². The Kier molecular flexibility index (Phi) is 6.37. The van der Waals surface area contributed by atoms with Crippen molar-refractivity contribution in [3.8, 4) is 5.75 Å². The molecule has 3 aromatic carbocycles. The number of nitrogens with zero attached hydrogens (tertiary/aromatic N) is 2. The van der Waals surface area contributed by atoms with Gasteiger partial charge in [-0.1, -0.05) is 23.7 Å². The number of urea groups is 1. The van der Waals surface area contributed by atoms with Crippen molar-refractivity contribution in [3.63, 3.8) is 0 Å². The summed E-state index contributed by atoms with van der Waals surface area (Å²) in [5.74, 6) is -1.12. The molecule has 0 aliphatic carbocycles. The number of halogens is 1. The molecule has 34 heavy (non-hydrogen) atoms. The van der Waals surface area contributed by atoms with E-state index in [1.54, 1.807) is 36.4 Å². The first-order valence-corrected chi connectivity index (χ1v) is 10.3. The summed E-state index contributed by atoms with van der Waals surface area (Å²) in [6.07, 6.45) is 1.37. The summed E-state index contributed by atoms with van der Waals surface area (Å²) in [5, 5.41) is 13.4. The van der Waals surface area contributed by atoms with E-state index in [9.17, 15) is 24.5 Å². The van der Waals surface area contributed by atoms with E-state index in [4.69, 9.17) is 16.3 Å². The number of rotatable bonds is 6. The zero-order chi connectivity index (χ0) is 24.2. The monoisotopic (exact) mass is 477 g/mol. The number of nitrogens with one attached hydrogen (secondary N) is 1. The van der Waals surface area contributed by atoms with Crippen molar-refractivity contribution < 1.29 is 24.0 Å². The first kappa shape index (κ1) is 22.7. The highest BCUT2D eigenvalue weighted by atomic mass is 35.5. The number of benzene rings is 3. The van der Waals surface area contributed by atoms with Gasteiger partial charge in [0.05, 0.1) is 10.6 Å². The Labute approximate surface area is 198 Å². The van der Waals surface area contributed by atoms with Gasteiger partial charge in [-0.3, -0.25) is 25.0 Å². The Bertz CT molecular complexity index is 1320. The molecule has 1 fully saturated rings. The van der Waals surface area contributed by atoms with Gasteiger partial charge in [0, 0.05) is 17.2 Å². The number of ether oxygens (including phenoxy) is 1. The molecule has 0 bridgehead atoms. The summed E-state index contributed by atoms with van der Waals surface area (Å²) in [6, 6.07) is 17.9. The number of anilines is 1. The first-order valence-electron chi connectivity index (χ1n) is 9.95. The van der Waals surface area contributed by atoms with Gasteiger partial charge >= 0.3 is 6.03 Å². The minimum absolute atomic E-state index is 0.0149. The Morgan fingerprint density at radius 3 is 2.38 bits per heavy atom. The number of imide groups is 2. The average Bonchev–Trinajstić information content (AvgIpc) is 2.82. The number of non-ortho nitro benzene ring substituents is 1. The summed E-state index contributed by atoms with van der Waals surface area (Å²) in [5.41, 5.74) is 1.27. The van der Waals surface area contributed by atoms with Crippen molar-refractivity contribution in [3.05, 3.63) is 105 Å². The molecule has 1 aliphatic heterocycles. The second-order valence-electron chi connectivity index (χ2n) is 7.22. The minimum Gasteiger partial charge on any atom is -0.489 e. The Morgan fingerprint density at radius 1 is 1.00 bits per heavy atom. The fourth-order valence-corrected chi connectivity index (χ4v) is 3.35. The number of nitro benzene ring substituents is 1. The highest BCUT2D eigenvalue weighted by Gasteiger charge is 2.36. The van der Waals surface area contributed by atoms with Crippen LogP contribution in [-0.2, 0) is 16.2 Å². The molecule has 0 saturated carbocycles. The van der Waals surface area contributed by atoms with Crippen LogP contribution in [0.4, 0.5) is 16.2 Å². The lowest BCUT2D eigenvalue weighted by atomic mass is 10.1. The highest BCUT2D eigenvalue weighted by molar-refractivity contribution is 6.39. The molecule has 0 aromatic heterocycles. The van der Waals surface area contributed by atoms with Crippen LogP contribution in [0.1, 0.15) is 11.1 Å². The van der Waals surface area contributed by atoms with Gasteiger partial charge in [-0.2, -0.15) is 0 Å². The summed E-state index contributed by atoms with van der Waals surface area (Å²) >= 11 is 5.87. The Balaban J connectivity index is 1.53. The molecule has 4 amide bonds. The molecule has 0 unspecified atom stereocenters. The van der Waals surface area contributed by atoms with Crippen LogP contribution < -0.4 is 15.0 Å². The summed E-state index contributed by atoms with van der Waals surface area (Å²) in [4.78, 5) is 48.8. The van der Waals surface area contributed by atoms with Crippen LogP contribution in [0, 0.1) is 10.1 Å². The highest BCUT2D eigenvalue weighted by Crippen LogP contribution is 2.24. The largest absolute Gasteiger partial charge is 0.489 e. The van der Waals surface area contributed by atoms with Gasteiger partial charge in [-0.15, -0.1) is 0 Å². The van der Waals surface area contributed by atoms with Crippen LogP contribution in [0.3, 0.4) is 0 Å². The molecule has 0 radical (unpaired) electrons. The topological polar surface area (TPSA) is 119 Å². The number of barbiturate groups is 1. The number of carbonyl (C=O) groups excluding carboxylic acids is 3. The predicted molar refractivity (Wildman–Crippen MR) is 124 cm³/mol. The number of hydrogen-bond donors (Lipinski definition) is 1. The van der Waals surface area contributed by atoms with Gasteiger partial charge in [-0.05, 0) is 65.7 Å². The first-order chi connectivity index (χ1) is 16.3. The molecule has 0 spiro atoms. The summed E-state index contributed by atoms with van der Waals surface area (Å²) in [7, 11) is 0. The quantitative estimate of drug-likeness (QED) is 0.242. The molecule has 10 heteroatoms. The van der Waals surface area contributed by atoms with Crippen molar-refractivity contribution in [2.75, 3.05) is 4.90 Å². The third-order valence-corrected chi connectivity index (χ3v) is 5.16. The second-order valence-corrected chi connectivity index (χ2v) is 7.66. The zero-order valence-corrected chi connectivity index (χ0v) is 18.2. The van der Waals surface area contributed by atoms with Crippen molar-refractivity contribution >= 4 is 46.9 Å². The van der Waals surface area contributed by atoms with Crippen molar-refractivity contribution in [2.45, 2.75) is 6.61 Å². The van der Waals surface area contributed by atoms with Gasteiger partial charge in [0.25, 0.3) is 17.5 Å². The molecule has 1 saturated heterocycles. The molecule has 170 valence electrons. The van der Waals surface area contributed by atoms with Crippen molar-refractivity contribution in [1.29, 1.82) is 0 Å². The molecule has 1 heterocycles. The molecule has 3 aromatic rings. The smallest absolute Gasteiger partial charge is 0.335 e. The van der Waals surface area contributed by atoms with Gasteiger partial charge in [0.1, 0.15) is 17.9 Å². The minimum atomic E-state index is -0.852. The maximum absolute atomic E-state index is 13.0. The molecule has 9 nitrogen and oxygen atoms in total. The molecular formula is C24H16ClN3O6. The van der Waals surface area contributed by atoms with Crippen LogP contribution in [0.5, 0.6) is 5.75 Å². The van der Waals surface area contributed by atoms with E-state index in [0.29, 0.717) is 16.3 Å². The Morgan fingerprint density at radius 2 is 1.71 bits per heavy atom. The molecule has 1 aliphatic rings. The third kappa shape index (κ3) is 4.94. The molecular weight excluding hydrogens is 462 g/mol. The van der Waals surface area contributed by atoms with Crippen LogP contribution in [0.25, 0.3) is 6.08 Å². The zero-order valence-electron chi connectivity index (χ0n) is 17.4. The molecule has 0 atom stereocenters. The Hall–Kier alpha value is -4.50. The lowest BCUT2D eigenvalue weighted by Gasteiger charge is -2.26.